The first-order chi connectivity index (χ1) is 8.65. The molecule has 0 amide bonds. The largest absolute Gasteiger partial charge is 0.465 e. The Bertz CT molecular complexity index is 404. The summed E-state index contributed by atoms with van der Waals surface area (Å²) < 4.78 is 10.0. The minimum absolute atomic E-state index is 0.204. The molecule has 0 aliphatic heterocycles. The predicted molar refractivity (Wildman–Crippen MR) is 69.7 cm³/mol. The molecule has 100 valence electrons. The van der Waals surface area contributed by atoms with Gasteiger partial charge in [0.15, 0.2) is 5.82 Å². The lowest BCUT2D eigenvalue weighted by Gasteiger charge is -2.05. The van der Waals surface area contributed by atoms with E-state index in [1.165, 1.54) is 11.8 Å². The zero-order valence-electron chi connectivity index (χ0n) is 10.3. The van der Waals surface area contributed by atoms with Gasteiger partial charge in [-0.1, -0.05) is 23.4 Å². The molecule has 0 radical (unpaired) electrons. The van der Waals surface area contributed by atoms with Gasteiger partial charge in [-0.15, -0.1) is 0 Å². The predicted octanol–water partition coefficient (Wildman–Crippen LogP) is 2.32. The van der Waals surface area contributed by atoms with Gasteiger partial charge in [0.05, 0.1) is 12.4 Å². The highest BCUT2D eigenvalue weighted by Gasteiger charge is 2.07. The van der Waals surface area contributed by atoms with E-state index < -0.39 is 0 Å². The van der Waals surface area contributed by atoms with Crippen molar-refractivity contribution >= 4 is 29.3 Å². The maximum Gasteiger partial charge on any atom is 0.316 e. The summed E-state index contributed by atoms with van der Waals surface area (Å²) in [6.45, 7) is 4.93. The van der Waals surface area contributed by atoms with Crippen LogP contribution in [0.3, 0.4) is 0 Å². The van der Waals surface area contributed by atoms with Crippen LogP contribution < -0.4 is 0 Å². The molecule has 18 heavy (non-hydrogen) atoms. The summed E-state index contributed by atoms with van der Waals surface area (Å²) in [4.78, 5) is 19.5. The molecule has 0 bridgehead atoms. The van der Waals surface area contributed by atoms with Crippen LogP contribution in [0.5, 0.6) is 0 Å². The number of aromatic nitrogens is 2. The van der Waals surface area contributed by atoms with Crippen molar-refractivity contribution in [3.05, 3.63) is 17.0 Å². The molecule has 0 fully saturated rings. The normalized spacial score (nSPS) is 10.4. The average molecular weight is 291 g/mol. The molecule has 0 unspecified atom stereocenters. The van der Waals surface area contributed by atoms with Gasteiger partial charge in [-0.05, 0) is 13.8 Å². The van der Waals surface area contributed by atoms with Gasteiger partial charge in [0.1, 0.15) is 16.8 Å². The summed E-state index contributed by atoms with van der Waals surface area (Å²) in [6, 6.07) is 1.61. The lowest BCUT2D eigenvalue weighted by atomic mass is 10.6. The van der Waals surface area contributed by atoms with E-state index in [0.717, 1.165) is 0 Å². The van der Waals surface area contributed by atoms with Gasteiger partial charge in [-0.3, -0.25) is 4.79 Å². The van der Waals surface area contributed by atoms with Crippen molar-refractivity contribution < 1.29 is 14.3 Å². The maximum atomic E-state index is 11.2. The van der Waals surface area contributed by atoms with Crippen LogP contribution in [0.4, 0.5) is 0 Å². The summed E-state index contributed by atoms with van der Waals surface area (Å²) in [7, 11) is 0. The first-order valence-electron chi connectivity index (χ1n) is 5.55. The molecule has 0 aliphatic rings. The molecule has 7 heteroatoms. The number of hydrogen-bond donors (Lipinski definition) is 0. The van der Waals surface area contributed by atoms with E-state index in [-0.39, 0.29) is 11.7 Å². The fourth-order valence-corrected chi connectivity index (χ4v) is 2.09. The Kier molecular flexibility index (Phi) is 7.00. The maximum absolute atomic E-state index is 11.2. The van der Waals surface area contributed by atoms with Gasteiger partial charge in [0, 0.05) is 12.7 Å². The summed E-state index contributed by atoms with van der Waals surface area (Å²) >= 11 is 7.13. The van der Waals surface area contributed by atoms with Crippen molar-refractivity contribution in [3.8, 4) is 0 Å². The molecule has 0 spiro atoms. The molecular formula is C11H15ClN2O3S. The van der Waals surface area contributed by atoms with Gasteiger partial charge >= 0.3 is 5.97 Å². The molecule has 0 N–H and O–H groups in total. The fraction of sp³-hybridized carbons (Fsp3) is 0.545. The summed E-state index contributed by atoms with van der Waals surface area (Å²) in [5.41, 5.74) is 0. The SMILES string of the molecule is CCOCc1nc(Cl)cc(SCC(=O)OCC)n1. The topological polar surface area (TPSA) is 61.3 Å². The number of carbonyl (C=O) groups is 1. The second-order valence-corrected chi connectivity index (χ2v) is 4.56. The third-order valence-electron chi connectivity index (χ3n) is 1.80. The summed E-state index contributed by atoms with van der Waals surface area (Å²) in [5.74, 6) is 0.439. The van der Waals surface area contributed by atoms with Gasteiger partial charge in [-0.25, -0.2) is 9.97 Å². The highest BCUT2D eigenvalue weighted by molar-refractivity contribution is 7.99. The first-order valence-corrected chi connectivity index (χ1v) is 6.91. The van der Waals surface area contributed by atoms with E-state index in [0.29, 0.717) is 35.8 Å². The van der Waals surface area contributed by atoms with Crippen LogP contribution in [0, 0.1) is 0 Å². The number of ether oxygens (including phenoxy) is 2. The standard InChI is InChI=1S/C11H15ClN2O3S/c1-3-16-6-9-13-8(12)5-10(14-9)18-7-11(15)17-4-2/h5H,3-4,6-7H2,1-2H3. The molecule has 0 saturated heterocycles. The monoisotopic (exact) mass is 290 g/mol. The number of hydrogen-bond acceptors (Lipinski definition) is 6. The van der Waals surface area contributed by atoms with Crippen LogP contribution >= 0.6 is 23.4 Å². The Labute approximate surface area is 115 Å². The van der Waals surface area contributed by atoms with E-state index in [9.17, 15) is 4.79 Å². The van der Waals surface area contributed by atoms with Crippen molar-refractivity contribution in [1.29, 1.82) is 0 Å². The highest BCUT2D eigenvalue weighted by atomic mass is 35.5. The third kappa shape index (κ3) is 5.66. The van der Waals surface area contributed by atoms with E-state index in [1.54, 1.807) is 13.0 Å². The van der Waals surface area contributed by atoms with E-state index in [2.05, 4.69) is 9.97 Å². The Morgan fingerprint density at radius 2 is 2.17 bits per heavy atom. The van der Waals surface area contributed by atoms with Crippen LogP contribution in [-0.2, 0) is 20.9 Å². The molecule has 1 aromatic rings. The zero-order chi connectivity index (χ0) is 13.4. The fourth-order valence-electron chi connectivity index (χ4n) is 1.11. The van der Waals surface area contributed by atoms with Crippen LogP contribution in [0.2, 0.25) is 5.15 Å². The first kappa shape index (κ1) is 15.2. The summed E-state index contributed by atoms with van der Waals surface area (Å²) in [6.07, 6.45) is 0. The quantitative estimate of drug-likeness (QED) is 0.436. The Morgan fingerprint density at radius 3 is 2.83 bits per heavy atom. The van der Waals surface area contributed by atoms with Crippen molar-refractivity contribution in [1.82, 2.24) is 9.97 Å². The molecule has 0 saturated carbocycles. The molecular weight excluding hydrogens is 276 g/mol. The van der Waals surface area contributed by atoms with E-state index in [1.807, 2.05) is 6.92 Å². The van der Waals surface area contributed by atoms with E-state index in [4.69, 9.17) is 21.1 Å². The van der Waals surface area contributed by atoms with Crippen molar-refractivity contribution in [3.63, 3.8) is 0 Å². The number of nitrogens with zero attached hydrogens (tertiary/aromatic N) is 2. The second-order valence-electron chi connectivity index (χ2n) is 3.18. The summed E-state index contributed by atoms with van der Waals surface area (Å²) in [5, 5.41) is 0.976. The Morgan fingerprint density at radius 1 is 1.39 bits per heavy atom. The second kappa shape index (κ2) is 8.29. The Hall–Kier alpha value is -0.850. The van der Waals surface area contributed by atoms with Gasteiger partial charge < -0.3 is 9.47 Å². The molecule has 1 aromatic heterocycles. The van der Waals surface area contributed by atoms with Crippen LogP contribution in [0.1, 0.15) is 19.7 Å². The van der Waals surface area contributed by atoms with Crippen molar-refractivity contribution in [2.75, 3.05) is 19.0 Å². The lowest BCUT2D eigenvalue weighted by molar-refractivity contribution is -0.139. The van der Waals surface area contributed by atoms with Crippen molar-refractivity contribution in [2.24, 2.45) is 0 Å². The molecule has 5 nitrogen and oxygen atoms in total. The molecule has 0 atom stereocenters. The number of rotatable bonds is 7. The van der Waals surface area contributed by atoms with Crippen LogP contribution in [-0.4, -0.2) is 34.9 Å². The van der Waals surface area contributed by atoms with Gasteiger partial charge in [-0.2, -0.15) is 0 Å². The van der Waals surface area contributed by atoms with Crippen molar-refractivity contribution in [2.45, 2.75) is 25.5 Å². The zero-order valence-corrected chi connectivity index (χ0v) is 11.9. The molecule has 0 aromatic carbocycles. The van der Waals surface area contributed by atoms with Gasteiger partial charge in [0.25, 0.3) is 0 Å². The molecule has 1 heterocycles. The number of halogens is 1. The number of thioether (sulfide) groups is 1. The minimum atomic E-state index is -0.274. The smallest absolute Gasteiger partial charge is 0.316 e. The highest BCUT2D eigenvalue weighted by Crippen LogP contribution is 2.19. The van der Waals surface area contributed by atoms with E-state index >= 15 is 0 Å². The van der Waals surface area contributed by atoms with Crippen LogP contribution in [0.15, 0.2) is 11.1 Å². The lowest BCUT2D eigenvalue weighted by Crippen LogP contribution is -2.07. The Balaban J connectivity index is 2.59. The third-order valence-corrected chi connectivity index (χ3v) is 2.87. The van der Waals surface area contributed by atoms with Crippen LogP contribution in [0.25, 0.3) is 0 Å². The average Bonchev–Trinajstić information content (AvgIpc) is 2.34. The van der Waals surface area contributed by atoms with Gasteiger partial charge in [0.2, 0.25) is 0 Å². The molecule has 1 rings (SSSR count). The molecule has 0 aliphatic carbocycles. The number of carbonyl (C=O) groups excluding carboxylic acids is 1. The minimum Gasteiger partial charge on any atom is -0.465 e. The number of esters is 1.